The maximum Gasteiger partial charge on any atom is 0.321 e. The zero-order valence-electron chi connectivity index (χ0n) is 15.9. The molecule has 2 amide bonds. The number of nitrogens with zero attached hydrogens (tertiary/aromatic N) is 2. The Balaban J connectivity index is 1.63. The molecule has 9 heteroatoms. The van der Waals surface area contributed by atoms with Gasteiger partial charge in [0, 0.05) is 18.6 Å². The largest absolute Gasteiger partial charge is 0.371 e. The van der Waals surface area contributed by atoms with Gasteiger partial charge in [-0.05, 0) is 43.4 Å². The first-order chi connectivity index (χ1) is 13.5. The van der Waals surface area contributed by atoms with Crippen LogP contribution in [0.1, 0.15) is 56.2 Å². The minimum Gasteiger partial charge on any atom is -0.371 e. The number of benzene rings is 1. The molecule has 1 aromatic heterocycles. The fourth-order valence-corrected chi connectivity index (χ4v) is 4.54. The van der Waals surface area contributed by atoms with Crippen LogP contribution in [0.15, 0.2) is 18.2 Å². The third-order valence-corrected chi connectivity index (χ3v) is 7.01. The van der Waals surface area contributed by atoms with Gasteiger partial charge in [-0.25, -0.2) is 4.79 Å². The van der Waals surface area contributed by atoms with Gasteiger partial charge in [-0.15, -0.1) is 10.2 Å². The summed E-state index contributed by atoms with van der Waals surface area (Å²) in [6.07, 6.45) is 3.67. The first kappa shape index (κ1) is 21.3. The van der Waals surface area contributed by atoms with Crippen molar-refractivity contribution < 1.29 is 9.53 Å². The van der Waals surface area contributed by atoms with Gasteiger partial charge in [-0.3, -0.25) is 5.32 Å². The van der Waals surface area contributed by atoms with Gasteiger partial charge < -0.3 is 10.1 Å². The summed E-state index contributed by atoms with van der Waals surface area (Å²) < 4.78 is 5.61. The van der Waals surface area contributed by atoms with Crippen LogP contribution in [-0.2, 0) is 10.2 Å². The Bertz CT molecular complexity index is 820. The maximum atomic E-state index is 12.4. The predicted octanol–water partition coefficient (Wildman–Crippen LogP) is 5.58. The van der Waals surface area contributed by atoms with Crippen molar-refractivity contribution in [3.63, 3.8) is 0 Å². The van der Waals surface area contributed by atoms with Gasteiger partial charge >= 0.3 is 6.03 Å². The van der Waals surface area contributed by atoms with Crippen LogP contribution in [0, 0.1) is 0 Å². The zero-order valence-corrected chi connectivity index (χ0v) is 18.3. The Labute approximate surface area is 179 Å². The van der Waals surface area contributed by atoms with E-state index in [9.17, 15) is 4.79 Å². The number of anilines is 1. The fourth-order valence-electron chi connectivity index (χ4n) is 3.41. The molecule has 1 unspecified atom stereocenters. The molecule has 0 saturated carbocycles. The standard InChI is InChI=1S/C19H24Cl2N4O2S/c1-3-19(4-2,12-7-8-13(20)14(21)10-12)11-22-17(26)23-18-25-24-16(28-18)15-6-5-9-27-15/h7-8,10,15H,3-6,9,11H2,1-2H3,(H2,22,23,25,26). The summed E-state index contributed by atoms with van der Waals surface area (Å²) in [5.74, 6) is 0. The Morgan fingerprint density at radius 2 is 2.07 bits per heavy atom. The molecule has 0 radical (unpaired) electrons. The van der Waals surface area contributed by atoms with Crippen LogP contribution in [0.5, 0.6) is 0 Å². The van der Waals surface area contributed by atoms with Crippen molar-refractivity contribution in [2.24, 2.45) is 0 Å². The Morgan fingerprint density at radius 1 is 1.29 bits per heavy atom. The highest BCUT2D eigenvalue weighted by Gasteiger charge is 2.30. The summed E-state index contributed by atoms with van der Waals surface area (Å²) in [6.45, 7) is 5.42. The Kier molecular flexibility index (Phi) is 7.15. The number of hydrogen-bond acceptors (Lipinski definition) is 5. The van der Waals surface area contributed by atoms with Gasteiger partial charge in [-0.2, -0.15) is 0 Å². The van der Waals surface area contributed by atoms with Crippen molar-refractivity contribution in [2.75, 3.05) is 18.5 Å². The highest BCUT2D eigenvalue weighted by Crippen LogP contribution is 2.35. The second kappa shape index (κ2) is 9.39. The highest BCUT2D eigenvalue weighted by atomic mass is 35.5. The lowest BCUT2D eigenvalue weighted by molar-refractivity contribution is 0.111. The lowest BCUT2D eigenvalue weighted by Gasteiger charge is -2.33. The number of carbonyl (C=O) groups excluding carboxylic acids is 1. The number of rotatable bonds is 7. The molecule has 28 heavy (non-hydrogen) atoms. The molecule has 0 aliphatic carbocycles. The van der Waals surface area contributed by atoms with Crippen LogP contribution in [-0.4, -0.2) is 29.4 Å². The molecule has 1 aromatic carbocycles. The number of ether oxygens (including phenoxy) is 1. The van der Waals surface area contributed by atoms with E-state index in [1.165, 1.54) is 11.3 Å². The van der Waals surface area contributed by atoms with E-state index < -0.39 is 0 Å². The van der Waals surface area contributed by atoms with Gasteiger partial charge in [0.2, 0.25) is 5.13 Å². The zero-order chi connectivity index (χ0) is 20.1. The van der Waals surface area contributed by atoms with Crippen LogP contribution >= 0.6 is 34.5 Å². The average molecular weight is 443 g/mol. The molecule has 1 fully saturated rings. The van der Waals surface area contributed by atoms with E-state index in [1.54, 1.807) is 6.07 Å². The van der Waals surface area contributed by atoms with Crippen molar-refractivity contribution in [2.45, 2.75) is 51.0 Å². The molecule has 6 nitrogen and oxygen atoms in total. The third-order valence-electron chi connectivity index (χ3n) is 5.34. The average Bonchev–Trinajstić information content (AvgIpc) is 3.37. The summed E-state index contributed by atoms with van der Waals surface area (Å²) in [5, 5.41) is 16.2. The SMILES string of the molecule is CCC(CC)(CNC(=O)Nc1nnc(C2CCCO2)s1)c1ccc(Cl)c(Cl)c1. The second-order valence-corrected chi connectivity index (χ2v) is 8.69. The monoisotopic (exact) mass is 442 g/mol. The topological polar surface area (TPSA) is 76.1 Å². The summed E-state index contributed by atoms with van der Waals surface area (Å²) in [6, 6.07) is 5.35. The first-order valence-electron chi connectivity index (χ1n) is 9.43. The lowest BCUT2D eigenvalue weighted by atomic mass is 9.76. The number of nitrogens with one attached hydrogen (secondary N) is 2. The Morgan fingerprint density at radius 3 is 2.71 bits per heavy atom. The number of carbonyl (C=O) groups is 1. The second-order valence-electron chi connectivity index (χ2n) is 6.87. The van der Waals surface area contributed by atoms with Gasteiger partial charge in [0.15, 0.2) is 0 Å². The van der Waals surface area contributed by atoms with Gasteiger partial charge in [-0.1, -0.05) is 54.5 Å². The molecule has 2 heterocycles. The van der Waals surface area contributed by atoms with E-state index in [0.29, 0.717) is 21.7 Å². The summed E-state index contributed by atoms with van der Waals surface area (Å²) in [5.41, 5.74) is 0.832. The van der Waals surface area contributed by atoms with Crippen molar-refractivity contribution in [1.82, 2.24) is 15.5 Å². The molecule has 152 valence electrons. The summed E-state index contributed by atoms with van der Waals surface area (Å²) in [4.78, 5) is 12.4. The predicted molar refractivity (Wildman–Crippen MR) is 114 cm³/mol. The molecular formula is C19H24Cl2N4O2S. The molecular weight excluding hydrogens is 419 g/mol. The fraction of sp³-hybridized carbons (Fsp3) is 0.526. The van der Waals surface area contributed by atoms with Crippen molar-refractivity contribution >= 4 is 45.7 Å². The van der Waals surface area contributed by atoms with Crippen molar-refractivity contribution in [1.29, 1.82) is 0 Å². The highest BCUT2D eigenvalue weighted by molar-refractivity contribution is 7.15. The van der Waals surface area contributed by atoms with E-state index in [1.807, 2.05) is 12.1 Å². The smallest absolute Gasteiger partial charge is 0.321 e. The number of amides is 2. The van der Waals surface area contributed by atoms with E-state index in [0.717, 1.165) is 42.9 Å². The third kappa shape index (κ3) is 4.76. The number of aromatic nitrogens is 2. The van der Waals surface area contributed by atoms with E-state index in [4.69, 9.17) is 27.9 Å². The molecule has 3 rings (SSSR count). The van der Waals surface area contributed by atoms with Gasteiger partial charge in [0.25, 0.3) is 0 Å². The molecule has 1 atom stereocenters. The van der Waals surface area contributed by atoms with E-state index in [-0.39, 0.29) is 17.6 Å². The molecule has 1 aliphatic rings. The molecule has 0 spiro atoms. The lowest BCUT2D eigenvalue weighted by Crippen LogP contribution is -2.41. The van der Waals surface area contributed by atoms with Crippen molar-refractivity contribution in [3.8, 4) is 0 Å². The number of urea groups is 1. The first-order valence-corrected chi connectivity index (χ1v) is 11.0. The van der Waals surface area contributed by atoms with Crippen LogP contribution < -0.4 is 10.6 Å². The molecule has 2 N–H and O–H groups in total. The molecule has 1 aliphatic heterocycles. The molecule has 2 aromatic rings. The number of hydrogen-bond donors (Lipinski definition) is 2. The van der Waals surface area contributed by atoms with E-state index >= 15 is 0 Å². The van der Waals surface area contributed by atoms with Crippen LogP contribution in [0.2, 0.25) is 10.0 Å². The number of halogens is 2. The Hall–Kier alpha value is -1.41. The minimum atomic E-state index is -0.304. The molecule has 0 bridgehead atoms. The van der Waals surface area contributed by atoms with Gasteiger partial charge in [0.05, 0.1) is 10.0 Å². The van der Waals surface area contributed by atoms with Crippen molar-refractivity contribution in [3.05, 3.63) is 38.8 Å². The maximum absolute atomic E-state index is 12.4. The minimum absolute atomic E-state index is 0.00130. The van der Waals surface area contributed by atoms with E-state index in [2.05, 4.69) is 34.7 Å². The molecule has 1 saturated heterocycles. The van der Waals surface area contributed by atoms with Crippen LogP contribution in [0.25, 0.3) is 0 Å². The normalized spacial score (nSPS) is 16.9. The quantitative estimate of drug-likeness (QED) is 0.586. The summed E-state index contributed by atoms with van der Waals surface area (Å²) in [7, 11) is 0. The summed E-state index contributed by atoms with van der Waals surface area (Å²) >= 11 is 13.6. The van der Waals surface area contributed by atoms with Crippen LogP contribution in [0.4, 0.5) is 9.93 Å². The van der Waals surface area contributed by atoms with Crippen LogP contribution in [0.3, 0.4) is 0 Å². The van der Waals surface area contributed by atoms with Gasteiger partial charge in [0.1, 0.15) is 11.1 Å².